The molecule has 2 rings (SSSR count). The van der Waals surface area contributed by atoms with Gasteiger partial charge in [0.15, 0.2) is 9.84 Å². The smallest absolute Gasteiger partial charge is 0.157 e. The number of hydrogen-bond donors (Lipinski definition) is 1. The van der Waals surface area contributed by atoms with Gasteiger partial charge in [-0.25, -0.2) is 17.2 Å². The van der Waals surface area contributed by atoms with E-state index >= 15 is 0 Å². The number of halogens is 2. The highest BCUT2D eigenvalue weighted by atomic mass is 32.2. The van der Waals surface area contributed by atoms with Crippen molar-refractivity contribution in [1.29, 1.82) is 0 Å². The van der Waals surface area contributed by atoms with E-state index in [1.807, 2.05) is 0 Å². The summed E-state index contributed by atoms with van der Waals surface area (Å²) in [6.45, 7) is 3.86. The lowest BCUT2D eigenvalue weighted by molar-refractivity contribution is 0.105. The Morgan fingerprint density at radius 1 is 1.38 bits per heavy atom. The van der Waals surface area contributed by atoms with Crippen LogP contribution in [-0.2, 0) is 9.84 Å². The van der Waals surface area contributed by atoms with Gasteiger partial charge < -0.3 is 5.11 Å². The second-order valence-corrected chi connectivity index (χ2v) is 8.74. The summed E-state index contributed by atoms with van der Waals surface area (Å²) in [7, 11) is -3.17. The van der Waals surface area contributed by atoms with E-state index in [1.165, 1.54) is 0 Å². The van der Waals surface area contributed by atoms with Crippen LogP contribution in [0.25, 0.3) is 0 Å². The monoisotopic (exact) mass is 319 g/mol. The predicted molar refractivity (Wildman–Crippen MR) is 75.6 cm³/mol. The minimum atomic E-state index is -3.17. The van der Waals surface area contributed by atoms with Crippen molar-refractivity contribution in [3.63, 3.8) is 0 Å². The molecule has 4 nitrogen and oxygen atoms in total. The maximum absolute atomic E-state index is 13.6. The molecule has 0 radical (unpaired) electrons. The fourth-order valence-electron chi connectivity index (χ4n) is 2.51. The number of aliphatic hydroxyl groups is 1. The lowest BCUT2D eigenvalue weighted by atomic mass is 10.1. The van der Waals surface area contributed by atoms with Gasteiger partial charge in [-0.15, -0.1) is 0 Å². The zero-order valence-corrected chi connectivity index (χ0v) is 12.8. The molecule has 0 spiro atoms. The Hall–Kier alpha value is -1.05. The minimum Gasteiger partial charge on any atom is -0.387 e. The Labute approximate surface area is 123 Å². The van der Waals surface area contributed by atoms with Gasteiger partial charge in [0.25, 0.3) is 0 Å². The summed E-state index contributed by atoms with van der Waals surface area (Å²) >= 11 is 0. The molecule has 1 unspecified atom stereocenters. The minimum absolute atomic E-state index is 0.00163. The summed E-state index contributed by atoms with van der Waals surface area (Å²) in [5, 5.41) is 10.1. The van der Waals surface area contributed by atoms with Gasteiger partial charge in [-0.3, -0.25) is 4.90 Å². The highest BCUT2D eigenvalue weighted by Gasteiger charge is 2.40. The van der Waals surface area contributed by atoms with E-state index in [-0.39, 0.29) is 31.0 Å². The zero-order valence-electron chi connectivity index (χ0n) is 12.0. The van der Waals surface area contributed by atoms with Crippen LogP contribution in [0.4, 0.5) is 8.78 Å². The van der Waals surface area contributed by atoms with Crippen LogP contribution >= 0.6 is 0 Å². The van der Waals surface area contributed by atoms with Gasteiger partial charge >= 0.3 is 0 Å². The van der Waals surface area contributed by atoms with Crippen LogP contribution in [0.1, 0.15) is 25.5 Å². The maximum atomic E-state index is 13.6. The zero-order chi connectivity index (χ0) is 15.8. The van der Waals surface area contributed by atoms with Gasteiger partial charge in [-0.05, 0) is 32.0 Å². The summed E-state index contributed by atoms with van der Waals surface area (Å²) in [6, 6.07) is 2.92. The van der Waals surface area contributed by atoms with Crippen LogP contribution in [0.5, 0.6) is 0 Å². The van der Waals surface area contributed by atoms with Crippen molar-refractivity contribution < 1.29 is 22.3 Å². The van der Waals surface area contributed by atoms with E-state index in [9.17, 15) is 22.3 Å². The average Bonchev–Trinajstić information content (AvgIpc) is 2.37. The molecule has 7 heteroatoms. The number of benzene rings is 1. The normalized spacial score (nSPS) is 22.9. The van der Waals surface area contributed by atoms with Crippen LogP contribution in [0.3, 0.4) is 0 Å². The van der Waals surface area contributed by atoms with Crippen molar-refractivity contribution in [2.24, 2.45) is 0 Å². The summed E-state index contributed by atoms with van der Waals surface area (Å²) in [4.78, 5) is 1.76. The van der Waals surface area contributed by atoms with Crippen molar-refractivity contribution >= 4 is 9.84 Å². The summed E-state index contributed by atoms with van der Waals surface area (Å²) in [5.74, 6) is -1.29. The molecule has 1 aliphatic heterocycles. The molecule has 21 heavy (non-hydrogen) atoms. The van der Waals surface area contributed by atoms with Crippen LogP contribution in [-0.4, -0.2) is 48.6 Å². The van der Waals surface area contributed by atoms with Crippen LogP contribution < -0.4 is 0 Å². The third kappa shape index (κ3) is 3.41. The molecule has 0 aliphatic carbocycles. The second kappa shape index (κ2) is 5.62. The van der Waals surface area contributed by atoms with Crippen molar-refractivity contribution in [3.05, 3.63) is 35.4 Å². The molecular weight excluding hydrogens is 300 g/mol. The molecule has 1 N–H and O–H groups in total. The topological polar surface area (TPSA) is 57.6 Å². The first-order valence-electron chi connectivity index (χ1n) is 6.70. The average molecular weight is 319 g/mol. The van der Waals surface area contributed by atoms with Crippen molar-refractivity contribution in [2.45, 2.75) is 24.7 Å². The first-order valence-corrected chi connectivity index (χ1v) is 8.35. The first kappa shape index (κ1) is 16.3. The molecule has 0 saturated carbocycles. The Morgan fingerprint density at radius 3 is 2.67 bits per heavy atom. The third-order valence-corrected chi connectivity index (χ3v) is 6.40. The van der Waals surface area contributed by atoms with E-state index < -0.39 is 32.3 Å². The fourth-order valence-corrected chi connectivity index (χ4v) is 3.94. The lowest BCUT2D eigenvalue weighted by Crippen LogP contribution is -2.53. The van der Waals surface area contributed by atoms with E-state index in [0.29, 0.717) is 0 Å². The van der Waals surface area contributed by atoms with Gasteiger partial charge in [0.1, 0.15) is 11.6 Å². The Morgan fingerprint density at radius 2 is 2.05 bits per heavy atom. The predicted octanol–water partition coefficient (Wildman–Crippen LogP) is 1.51. The first-order chi connectivity index (χ1) is 9.62. The Bertz CT molecular complexity index is 631. The molecule has 0 aromatic heterocycles. The standard InChI is InChI=1S/C14H19F2NO3S/c1-14(2)9-17(5-6-21(14,19)20)8-13(18)11-7-10(15)3-4-12(11)16/h3-4,7,13,18H,5-6,8-9H2,1-2H3. The SMILES string of the molecule is CC1(C)CN(CC(O)c2cc(F)ccc2F)CCS1(=O)=O. The molecule has 1 atom stereocenters. The summed E-state index contributed by atoms with van der Waals surface area (Å²) in [6.07, 6.45) is -1.20. The highest BCUT2D eigenvalue weighted by Crippen LogP contribution is 2.26. The van der Waals surface area contributed by atoms with Crippen LogP contribution in [0, 0.1) is 11.6 Å². The molecule has 1 aromatic carbocycles. The molecule has 118 valence electrons. The van der Waals surface area contributed by atoms with E-state index in [0.717, 1.165) is 18.2 Å². The van der Waals surface area contributed by atoms with Gasteiger partial charge in [0.05, 0.1) is 16.6 Å². The second-order valence-electron chi connectivity index (χ2n) is 6.00. The number of β-amino-alcohol motifs (C(OH)–C–C–N with tert-alkyl or cyclic N) is 1. The van der Waals surface area contributed by atoms with Crippen molar-refractivity contribution in [2.75, 3.05) is 25.4 Å². The third-order valence-electron chi connectivity index (χ3n) is 3.87. The quantitative estimate of drug-likeness (QED) is 0.917. The fraction of sp³-hybridized carbons (Fsp3) is 0.571. The van der Waals surface area contributed by atoms with Crippen molar-refractivity contribution in [3.8, 4) is 0 Å². The molecular formula is C14H19F2NO3S. The molecule has 1 fully saturated rings. The number of sulfone groups is 1. The number of aliphatic hydroxyl groups excluding tert-OH is 1. The van der Waals surface area contributed by atoms with Gasteiger partial charge in [0, 0.05) is 25.2 Å². The number of nitrogens with zero attached hydrogens (tertiary/aromatic N) is 1. The molecule has 1 heterocycles. The van der Waals surface area contributed by atoms with Crippen LogP contribution in [0.2, 0.25) is 0 Å². The van der Waals surface area contributed by atoms with Gasteiger partial charge in [-0.1, -0.05) is 0 Å². The maximum Gasteiger partial charge on any atom is 0.157 e. The summed E-state index contributed by atoms with van der Waals surface area (Å²) < 4.78 is 49.6. The molecule has 1 aromatic rings. The molecule has 1 aliphatic rings. The molecule has 0 bridgehead atoms. The molecule has 1 saturated heterocycles. The van der Waals surface area contributed by atoms with E-state index in [1.54, 1.807) is 18.7 Å². The highest BCUT2D eigenvalue weighted by molar-refractivity contribution is 7.92. The number of rotatable bonds is 3. The van der Waals surface area contributed by atoms with Gasteiger partial charge in [-0.2, -0.15) is 0 Å². The Balaban J connectivity index is 2.11. The lowest BCUT2D eigenvalue weighted by Gasteiger charge is -2.38. The van der Waals surface area contributed by atoms with Crippen LogP contribution in [0.15, 0.2) is 18.2 Å². The summed E-state index contributed by atoms with van der Waals surface area (Å²) in [5.41, 5.74) is -0.110. The van der Waals surface area contributed by atoms with E-state index in [2.05, 4.69) is 0 Å². The largest absolute Gasteiger partial charge is 0.387 e. The van der Waals surface area contributed by atoms with Gasteiger partial charge in [0.2, 0.25) is 0 Å². The van der Waals surface area contributed by atoms with Crippen molar-refractivity contribution in [1.82, 2.24) is 4.90 Å². The van der Waals surface area contributed by atoms with E-state index in [4.69, 9.17) is 0 Å². The molecule has 0 amide bonds. The number of hydrogen-bond acceptors (Lipinski definition) is 4. The Kier molecular flexibility index (Phi) is 4.37.